The molecule has 84 valence electrons. The van der Waals surface area contributed by atoms with E-state index in [-0.39, 0.29) is 6.04 Å². The normalized spacial score (nSPS) is 12.5. The van der Waals surface area contributed by atoms with Crippen LogP contribution < -0.4 is 11.1 Å². The highest BCUT2D eigenvalue weighted by atomic mass is 35.5. The predicted molar refractivity (Wildman–Crippen MR) is 65.4 cm³/mol. The Morgan fingerprint density at radius 3 is 2.93 bits per heavy atom. The Morgan fingerprint density at radius 1 is 1.53 bits per heavy atom. The first-order valence-electron chi connectivity index (χ1n) is 5.02. The quantitative estimate of drug-likeness (QED) is 0.762. The number of anilines is 2. The molecular weight excluding hydrogens is 212 g/mol. The monoisotopic (exact) mass is 228 g/mol. The smallest absolute Gasteiger partial charge is 0.0664 e. The van der Waals surface area contributed by atoms with Gasteiger partial charge in [0.1, 0.15) is 0 Å². The van der Waals surface area contributed by atoms with Crippen molar-refractivity contribution in [1.82, 2.24) is 0 Å². The van der Waals surface area contributed by atoms with Crippen LogP contribution in [0.1, 0.15) is 13.8 Å². The maximum absolute atomic E-state index is 5.88. The van der Waals surface area contributed by atoms with Crippen LogP contribution >= 0.6 is 11.6 Å². The van der Waals surface area contributed by atoms with Crippen molar-refractivity contribution in [2.45, 2.75) is 19.9 Å². The molecule has 3 nitrogen and oxygen atoms in total. The zero-order chi connectivity index (χ0) is 11.3. The molecule has 0 heterocycles. The second-order valence-electron chi connectivity index (χ2n) is 3.44. The van der Waals surface area contributed by atoms with E-state index in [1.165, 1.54) is 0 Å². The Bertz CT molecular complexity index is 317. The summed E-state index contributed by atoms with van der Waals surface area (Å²) in [7, 11) is 0. The van der Waals surface area contributed by atoms with Crippen LogP contribution in [0.2, 0.25) is 5.02 Å². The Kier molecular flexibility index (Phi) is 4.72. The minimum atomic E-state index is 0.214. The molecule has 0 fully saturated rings. The summed E-state index contributed by atoms with van der Waals surface area (Å²) >= 11 is 5.88. The Hall–Kier alpha value is -0.930. The van der Waals surface area contributed by atoms with Crippen molar-refractivity contribution in [3.63, 3.8) is 0 Å². The molecule has 1 unspecified atom stereocenters. The minimum Gasteiger partial charge on any atom is -0.397 e. The van der Waals surface area contributed by atoms with E-state index in [4.69, 9.17) is 22.1 Å². The molecule has 1 atom stereocenters. The van der Waals surface area contributed by atoms with E-state index in [0.717, 1.165) is 12.3 Å². The van der Waals surface area contributed by atoms with Gasteiger partial charge >= 0.3 is 0 Å². The first-order chi connectivity index (χ1) is 7.13. The molecule has 0 saturated heterocycles. The molecule has 1 aromatic rings. The van der Waals surface area contributed by atoms with E-state index in [9.17, 15) is 0 Å². The summed E-state index contributed by atoms with van der Waals surface area (Å²) in [5.74, 6) is 0. The van der Waals surface area contributed by atoms with E-state index in [0.29, 0.717) is 17.3 Å². The van der Waals surface area contributed by atoms with Gasteiger partial charge in [-0.3, -0.25) is 0 Å². The molecule has 4 heteroatoms. The molecule has 0 spiro atoms. The molecule has 0 aliphatic heterocycles. The van der Waals surface area contributed by atoms with E-state index >= 15 is 0 Å². The maximum atomic E-state index is 5.88. The average Bonchev–Trinajstić information content (AvgIpc) is 2.20. The number of hydrogen-bond acceptors (Lipinski definition) is 3. The van der Waals surface area contributed by atoms with Gasteiger partial charge in [-0.25, -0.2) is 0 Å². The van der Waals surface area contributed by atoms with Crippen LogP contribution in [-0.4, -0.2) is 19.3 Å². The lowest BCUT2D eigenvalue weighted by Gasteiger charge is -2.16. The molecule has 0 aliphatic rings. The molecule has 1 rings (SSSR count). The molecule has 0 amide bonds. The molecule has 0 radical (unpaired) electrons. The third-order valence-corrected chi connectivity index (χ3v) is 2.22. The van der Waals surface area contributed by atoms with Gasteiger partial charge in [-0.1, -0.05) is 11.6 Å². The Balaban J connectivity index is 2.59. The van der Waals surface area contributed by atoms with Crippen molar-refractivity contribution in [3.8, 4) is 0 Å². The van der Waals surface area contributed by atoms with Gasteiger partial charge in [0.15, 0.2) is 0 Å². The largest absolute Gasteiger partial charge is 0.397 e. The van der Waals surface area contributed by atoms with Gasteiger partial charge in [-0.05, 0) is 32.0 Å². The van der Waals surface area contributed by atoms with Crippen molar-refractivity contribution in [3.05, 3.63) is 23.2 Å². The van der Waals surface area contributed by atoms with Crippen molar-refractivity contribution >= 4 is 23.0 Å². The highest BCUT2D eigenvalue weighted by molar-refractivity contribution is 6.31. The number of nitrogen functional groups attached to an aromatic ring is 1. The second-order valence-corrected chi connectivity index (χ2v) is 3.87. The summed E-state index contributed by atoms with van der Waals surface area (Å²) in [6, 6.07) is 5.60. The van der Waals surface area contributed by atoms with Crippen LogP contribution in [0.4, 0.5) is 11.4 Å². The van der Waals surface area contributed by atoms with Gasteiger partial charge in [-0.2, -0.15) is 0 Å². The Morgan fingerprint density at radius 2 is 2.27 bits per heavy atom. The van der Waals surface area contributed by atoms with Gasteiger partial charge in [0.05, 0.1) is 18.0 Å². The molecule has 0 aromatic heterocycles. The van der Waals surface area contributed by atoms with Crippen LogP contribution in [0.25, 0.3) is 0 Å². The van der Waals surface area contributed by atoms with Crippen LogP contribution in [0, 0.1) is 0 Å². The summed E-state index contributed by atoms with van der Waals surface area (Å²) in [6.07, 6.45) is 0. The number of benzene rings is 1. The third-order valence-electron chi connectivity index (χ3n) is 1.99. The second kappa shape index (κ2) is 5.83. The van der Waals surface area contributed by atoms with E-state index in [1.807, 2.05) is 19.9 Å². The molecule has 0 bridgehead atoms. The number of ether oxygens (including phenoxy) is 1. The van der Waals surface area contributed by atoms with Gasteiger partial charge in [0.2, 0.25) is 0 Å². The number of nitrogens with one attached hydrogen (secondary N) is 1. The zero-order valence-electron chi connectivity index (χ0n) is 9.09. The van der Waals surface area contributed by atoms with Gasteiger partial charge < -0.3 is 15.8 Å². The van der Waals surface area contributed by atoms with Crippen molar-refractivity contribution < 1.29 is 4.74 Å². The third kappa shape index (κ3) is 3.98. The lowest BCUT2D eigenvalue weighted by Crippen LogP contribution is -2.22. The van der Waals surface area contributed by atoms with Gasteiger partial charge in [0.25, 0.3) is 0 Å². The van der Waals surface area contributed by atoms with Crippen molar-refractivity contribution in [1.29, 1.82) is 0 Å². The lowest BCUT2D eigenvalue weighted by molar-refractivity contribution is 0.141. The highest BCUT2D eigenvalue weighted by Gasteiger charge is 2.05. The summed E-state index contributed by atoms with van der Waals surface area (Å²) in [5, 5.41) is 3.93. The van der Waals surface area contributed by atoms with Gasteiger partial charge in [0, 0.05) is 17.7 Å². The summed E-state index contributed by atoms with van der Waals surface area (Å²) in [5.41, 5.74) is 7.36. The summed E-state index contributed by atoms with van der Waals surface area (Å²) in [4.78, 5) is 0. The van der Waals surface area contributed by atoms with Crippen molar-refractivity contribution in [2.24, 2.45) is 0 Å². The number of hydrogen-bond donors (Lipinski definition) is 2. The fraction of sp³-hybridized carbons (Fsp3) is 0.455. The molecule has 0 saturated carbocycles. The summed E-state index contributed by atoms with van der Waals surface area (Å²) < 4.78 is 5.30. The predicted octanol–water partition coefficient (Wildman–Crippen LogP) is 2.76. The fourth-order valence-corrected chi connectivity index (χ4v) is 1.43. The minimum absolute atomic E-state index is 0.214. The van der Waals surface area contributed by atoms with E-state index < -0.39 is 0 Å². The maximum Gasteiger partial charge on any atom is 0.0664 e. The number of halogens is 1. The van der Waals surface area contributed by atoms with Crippen LogP contribution in [0.15, 0.2) is 18.2 Å². The average molecular weight is 229 g/mol. The zero-order valence-corrected chi connectivity index (χ0v) is 9.84. The molecular formula is C11H17ClN2O. The Labute approximate surface area is 95.6 Å². The van der Waals surface area contributed by atoms with Crippen LogP contribution in [-0.2, 0) is 4.74 Å². The van der Waals surface area contributed by atoms with Crippen LogP contribution in [0.5, 0.6) is 0 Å². The molecule has 0 aliphatic carbocycles. The number of rotatable bonds is 5. The van der Waals surface area contributed by atoms with E-state index in [2.05, 4.69) is 5.32 Å². The van der Waals surface area contributed by atoms with Crippen LogP contribution in [0.3, 0.4) is 0 Å². The molecule has 15 heavy (non-hydrogen) atoms. The first-order valence-corrected chi connectivity index (χ1v) is 5.40. The molecule has 3 N–H and O–H groups in total. The standard InChI is InChI=1S/C11H17ClN2O/c1-3-15-7-8(2)14-11-6-9(12)4-5-10(11)13/h4-6,8,14H,3,7,13H2,1-2H3. The topological polar surface area (TPSA) is 47.3 Å². The highest BCUT2D eigenvalue weighted by Crippen LogP contribution is 2.23. The summed E-state index contributed by atoms with van der Waals surface area (Å²) in [6.45, 7) is 5.38. The fourth-order valence-electron chi connectivity index (χ4n) is 1.26. The number of nitrogens with two attached hydrogens (primary N) is 1. The van der Waals surface area contributed by atoms with Crippen molar-refractivity contribution in [2.75, 3.05) is 24.3 Å². The first kappa shape index (κ1) is 12.1. The van der Waals surface area contributed by atoms with Gasteiger partial charge in [-0.15, -0.1) is 0 Å². The molecule has 1 aromatic carbocycles. The lowest BCUT2D eigenvalue weighted by atomic mass is 10.2. The SMILES string of the molecule is CCOCC(C)Nc1cc(Cl)ccc1N. The van der Waals surface area contributed by atoms with E-state index in [1.54, 1.807) is 12.1 Å².